The summed E-state index contributed by atoms with van der Waals surface area (Å²) in [6, 6.07) is -0.262. The first-order chi connectivity index (χ1) is 5.54. The minimum atomic E-state index is -0.755. The molecule has 4 nitrogen and oxygen atoms in total. The highest BCUT2D eigenvalue weighted by atomic mass is 35.5. The molecule has 0 amide bonds. The summed E-state index contributed by atoms with van der Waals surface area (Å²) < 4.78 is 0. The zero-order chi connectivity index (χ0) is 9.72. The molecular weight excluding hydrogens is 192 g/mol. The Balaban J connectivity index is 0. The lowest BCUT2D eigenvalue weighted by Crippen LogP contribution is -2.52. The van der Waals surface area contributed by atoms with Gasteiger partial charge in [0.25, 0.3) is 0 Å². The van der Waals surface area contributed by atoms with E-state index in [0.717, 1.165) is 6.42 Å². The number of hydrogen-bond acceptors (Lipinski definition) is 4. The minimum Gasteiger partial charge on any atom is -0.394 e. The van der Waals surface area contributed by atoms with E-state index in [4.69, 9.17) is 10.8 Å². The molecule has 3 atom stereocenters. The van der Waals surface area contributed by atoms with E-state index in [2.05, 4.69) is 0 Å². The summed E-state index contributed by atoms with van der Waals surface area (Å²) in [5, 5.41) is 18.2. The largest absolute Gasteiger partial charge is 0.394 e. The van der Waals surface area contributed by atoms with E-state index in [1.54, 1.807) is 0 Å². The third kappa shape index (κ3) is 4.78. The van der Waals surface area contributed by atoms with Crippen LogP contribution >= 0.6 is 12.4 Å². The van der Waals surface area contributed by atoms with Crippen molar-refractivity contribution in [2.24, 2.45) is 5.73 Å². The van der Waals surface area contributed by atoms with Crippen molar-refractivity contribution in [3.8, 4) is 0 Å². The Labute approximate surface area is 86.1 Å². The minimum absolute atomic E-state index is 0. The van der Waals surface area contributed by atoms with Crippen LogP contribution in [0.15, 0.2) is 0 Å². The molecule has 0 aliphatic heterocycles. The summed E-state index contributed by atoms with van der Waals surface area (Å²) in [6.07, 6.45) is 0.0369. The predicted molar refractivity (Wildman–Crippen MR) is 56.1 cm³/mol. The molecule has 0 aliphatic carbocycles. The van der Waals surface area contributed by atoms with E-state index in [1.165, 1.54) is 0 Å². The molecule has 13 heavy (non-hydrogen) atoms. The van der Waals surface area contributed by atoms with Crippen molar-refractivity contribution in [2.45, 2.75) is 31.5 Å². The summed E-state index contributed by atoms with van der Waals surface area (Å²) in [7, 11) is 3.69. The summed E-state index contributed by atoms with van der Waals surface area (Å²) in [6.45, 7) is 1.72. The Kier molecular flexibility index (Phi) is 9.03. The number of likely N-dealkylation sites (N-methyl/N-ethyl adjacent to an activating group) is 1. The number of halogens is 1. The fourth-order valence-electron chi connectivity index (χ4n) is 1.36. The first-order valence-corrected chi connectivity index (χ1v) is 4.25. The van der Waals surface area contributed by atoms with Crippen LogP contribution in [0.3, 0.4) is 0 Å². The van der Waals surface area contributed by atoms with Gasteiger partial charge in [0.15, 0.2) is 0 Å². The normalized spacial score (nSPS) is 17.8. The molecule has 0 spiro atoms. The van der Waals surface area contributed by atoms with Gasteiger partial charge in [-0.25, -0.2) is 0 Å². The maximum absolute atomic E-state index is 9.42. The van der Waals surface area contributed by atoms with E-state index >= 15 is 0 Å². The quantitative estimate of drug-likeness (QED) is 0.571. The average molecular weight is 213 g/mol. The van der Waals surface area contributed by atoms with Crippen LogP contribution in [0.25, 0.3) is 0 Å². The van der Waals surface area contributed by atoms with E-state index in [1.807, 2.05) is 25.9 Å². The van der Waals surface area contributed by atoms with Gasteiger partial charge in [-0.3, -0.25) is 0 Å². The van der Waals surface area contributed by atoms with Crippen molar-refractivity contribution in [1.29, 1.82) is 0 Å². The lowest BCUT2D eigenvalue weighted by atomic mass is 10.0. The standard InChI is InChI=1S/C8H20N2O2.ClH/c1-4-6(9)8(10(2)3)7(12)5-11;/h6-8,11-12H,4-5,9H2,1-3H3;1H. The van der Waals surface area contributed by atoms with E-state index in [0.29, 0.717) is 0 Å². The van der Waals surface area contributed by atoms with Crippen LogP contribution in [-0.2, 0) is 0 Å². The van der Waals surface area contributed by atoms with Crippen molar-refractivity contribution < 1.29 is 10.2 Å². The Morgan fingerprint density at radius 2 is 1.85 bits per heavy atom. The lowest BCUT2D eigenvalue weighted by Gasteiger charge is -2.32. The van der Waals surface area contributed by atoms with Gasteiger partial charge < -0.3 is 20.8 Å². The van der Waals surface area contributed by atoms with Crippen LogP contribution < -0.4 is 5.73 Å². The van der Waals surface area contributed by atoms with E-state index < -0.39 is 6.10 Å². The molecule has 5 heteroatoms. The molecule has 0 rings (SSSR count). The van der Waals surface area contributed by atoms with Crippen LogP contribution in [0, 0.1) is 0 Å². The molecule has 3 unspecified atom stereocenters. The molecule has 82 valence electrons. The molecule has 0 aromatic heterocycles. The molecule has 0 aromatic carbocycles. The van der Waals surface area contributed by atoms with Crippen molar-refractivity contribution in [3.63, 3.8) is 0 Å². The number of nitrogens with two attached hydrogens (primary N) is 1. The second-order valence-electron chi connectivity index (χ2n) is 3.28. The fraction of sp³-hybridized carbons (Fsp3) is 1.00. The first kappa shape index (κ1) is 15.6. The van der Waals surface area contributed by atoms with Crippen LogP contribution in [0.4, 0.5) is 0 Å². The molecule has 0 saturated carbocycles. The van der Waals surface area contributed by atoms with Crippen molar-refractivity contribution in [2.75, 3.05) is 20.7 Å². The highest BCUT2D eigenvalue weighted by Crippen LogP contribution is 2.06. The predicted octanol–water partition coefficient (Wildman–Crippen LogP) is -0.571. The number of nitrogens with zero attached hydrogens (tertiary/aromatic N) is 1. The van der Waals surface area contributed by atoms with Gasteiger partial charge in [-0.05, 0) is 20.5 Å². The van der Waals surface area contributed by atoms with Crippen LogP contribution in [0.2, 0.25) is 0 Å². The highest BCUT2D eigenvalue weighted by molar-refractivity contribution is 5.85. The second kappa shape index (κ2) is 7.53. The van der Waals surface area contributed by atoms with E-state index in [9.17, 15) is 5.11 Å². The van der Waals surface area contributed by atoms with Crippen LogP contribution in [-0.4, -0.2) is 54.0 Å². The maximum atomic E-state index is 9.42. The van der Waals surface area contributed by atoms with Gasteiger partial charge in [-0.2, -0.15) is 0 Å². The monoisotopic (exact) mass is 212 g/mol. The van der Waals surface area contributed by atoms with E-state index in [-0.39, 0.29) is 31.1 Å². The number of aliphatic hydroxyl groups is 2. The maximum Gasteiger partial charge on any atom is 0.0940 e. The molecule has 0 radical (unpaired) electrons. The molecule has 0 fully saturated rings. The Morgan fingerprint density at radius 1 is 1.38 bits per heavy atom. The van der Waals surface area contributed by atoms with Crippen molar-refractivity contribution in [3.05, 3.63) is 0 Å². The number of aliphatic hydroxyl groups excluding tert-OH is 2. The van der Waals surface area contributed by atoms with Gasteiger partial charge >= 0.3 is 0 Å². The number of hydrogen-bond donors (Lipinski definition) is 3. The summed E-state index contributed by atoms with van der Waals surface area (Å²) >= 11 is 0. The molecule has 0 bridgehead atoms. The van der Waals surface area contributed by atoms with Gasteiger partial charge in [-0.15, -0.1) is 12.4 Å². The van der Waals surface area contributed by atoms with Gasteiger partial charge in [0.1, 0.15) is 0 Å². The van der Waals surface area contributed by atoms with Crippen LogP contribution in [0.1, 0.15) is 13.3 Å². The molecule has 0 heterocycles. The van der Waals surface area contributed by atoms with Gasteiger partial charge in [-0.1, -0.05) is 6.92 Å². The molecule has 0 aromatic rings. The Hall–Kier alpha value is 0.130. The molecule has 4 N–H and O–H groups in total. The molecule has 0 aliphatic rings. The summed E-state index contributed by atoms with van der Waals surface area (Å²) in [5.41, 5.74) is 5.78. The SMILES string of the molecule is CCC(N)C(C(O)CO)N(C)C.Cl. The summed E-state index contributed by atoms with van der Waals surface area (Å²) in [4.78, 5) is 1.84. The first-order valence-electron chi connectivity index (χ1n) is 4.25. The fourth-order valence-corrected chi connectivity index (χ4v) is 1.36. The summed E-state index contributed by atoms with van der Waals surface area (Å²) in [5.74, 6) is 0. The van der Waals surface area contributed by atoms with Gasteiger partial charge in [0, 0.05) is 6.04 Å². The second-order valence-corrected chi connectivity index (χ2v) is 3.28. The third-order valence-electron chi connectivity index (χ3n) is 2.09. The van der Waals surface area contributed by atoms with Gasteiger partial charge in [0.05, 0.1) is 18.8 Å². The molecular formula is C8H21ClN2O2. The Bertz CT molecular complexity index is 115. The zero-order valence-electron chi connectivity index (χ0n) is 8.47. The smallest absolute Gasteiger partial charge is 0.0940 e. The van der Waals surface area contributed by atoms with Crippen molar-refractivity contribution >= 4 is 12.4 Å². The number of rotatable bonds is 5. The topological polar surface area (TPSA) is 69.7 Å². The average Bonchev–Trinajstić information content (AvgIpc) is 2.03. The molecule has 0 saturated heterocycles. The van der Waals surface area contributed by atoms with Crippen molar-refractivity contribution in [1.82, 2.24) is 4.90 Å². The zero-order valence-corrected chi connectivity index (χ0v) is 9.29. The van der Waals surface area contributed by atoms with Gasteiger partial charge in [0.2, 0.25) is 0 Å². The highest BCUT2D eigenvalue weighted by Gasteiger charge is 2.25. The van der Waals surface area contributed by atoms with Crippen LogP contribution in [0.5, 0.6) is 0 Å². The lowest BCUT2D eigenvalue weighted by molar-refractivity contribution is 0.0177. The Morgan fingerprint density at radius 3 is 2.08 bits per heavy atom. The third-order valence-corrected chi connectivity index (χ3v) is 2.09.